The third-order valence-electron chi connectivity index (χ3n) is 2.07. The third-order valence-corrected chi connectivity index (χ3v) is 4.53. The Labute approximate surface area is 109 Å². The van der Waals surface area contributed by atoms with Gasteiger partial charge in [0.25, 0.3) is 0 Å². The molecule has 0 aliphatic heterocycles. The van der Waals surface area contributed by atoms with Gasteiger partial charge in [-0.1, -0.05) is 6.92 Å². The van der Waals surface area contributed by atoms with Crippen molar-refractivity contribution in [1.82, 2.24) is 0 Å². The van der Waals surface area contributed by atoms with E-state index in [9.17, 15) is 12.8 Å². The maximum Gasteiger partial charge on any atom is 0.153 e. The van der Waals surface area contributed by atoms with Crippen LogP contribution in [-0.2, 0) is 9.84 Å². The lowest BCUT2D eigenvalue weighted by atomic mass is 10.3. The van der Waals surface area contributed by atoms with Crippen molar-refractivity contribution in [3.05, 3.63) is 28.5 Å². The summed E-state index contributed by atoms with van der Waals surface area (Å²) in [7, 11) is -3.05. The summed E-state index contributed by atoms with van der Waals surface area (Å²) in [6.07, 6.45) is 0.593. The van der Waals surface area contributed by atoms with Crippen molar-refractivity contribution in [2.45, 2.75) is 13.3 Å². The van der Waals surface area contributed by atoms with E-state index in [1.54, 1.807) is 6.07 Å². The second kappa shape index (κ2) is 6.35. The summed E-state index contributed by atoms with van der Waals surface area (Å²) in [5.41, 5.74) is 0. The number of halogens is 2. The van der Waals surface area contributed by atoms with Crippen LogP contribution in [0, 0.1) is 5.82 Å². The largest absolute Gasteiger partial charge is 0.492 e. The summed E-state index contributed by atoms with van der Waals surface area (Å²) in [4.78, 5) is 0. The first-order valence-electron chi connectivity index (χ1n) is 5.23. The van der Waals surface area contributed by atoms with Crippen LogP contribution in [0.25, 0.3) is 0 Å². The van der Waals surface area contributed by atoms with Gasteiger partial charge in [0.15, 0.2) is 9.84 Å². The predicted octanol–water partition coefficient (Wildman–Crippen LogP) is 2.79. The monoisotopic (exact) mass is 324 g/mol. The Hall–Kier alpha value is -0.620. The summed E-state index contributed by atoms with van der Waals surface area (Å²) >= 11 is 3.02. The number of hydrogen-bond acceptors (Lipinski definition) is 3. The lowest BCUT2D eigenvalue weighted by molar-refractivity contribution is 0.338. The predicted molar refractivity (Wildman–Crippen MR) is 68.5 cm³/mol. The molecule has 96 valence electrons. The molecule has 0 aliphatic carbocycles. The Morgan fingerprint density at radius 1 is 1.35 bits per heavy atom. The molecule has 0 heterocycles. The van der Waals surface area contributed by atoms with Gasteiger partial charge in [0, 0.05) is 6.07 Å². The maximum absolute atomic E-state index is 13.1. The van der Waals surface area contributed by atoms with Crippen molar-refractivity contribution in [2.24, 2.45) is 0 Å². The average Bonchev–Trinajstić information content (AvgIpc) is 2.23. The molecule has 0 amide bonds. The van der Waals surface area contributed by atoms with Crippen LogP contribution in [0.3, 0.4) is 0 Å². The highest BCUT2D eigenvalue weighted by Crippen LogP contribution is 2.20. The van der Waals surface area contributed by atoms with Crippen molar-refractivity contribution in [3.63, 3.8) is 0 Å². The Balaban J connectivity index is 2.49. The molecule has 0 atom stereocenters. The minimum absolute atomic E-state index is 0.0431. The van der Waals surface area contributed by atoms with Crippen molar-refractivity contribution in [1.29, 1.82) is 0 Å². The van der Waals surface area contributed by atoms with Gasteiger partial charge in [0.2, 0.25) is 0 Å². The highest BCUT2D eigenvalue weighted by atomic mass is 79.9. The van der Waals surface area contributed by atoms with Gasteiger partial charge in [-0.25, -0.2) is 12.8 Å². The van der Waals surface area contributed by atoms with Gasteiger partial charge >= 0.3 is 0 Å². The number of benzene rings is 1. The molecule has 3 nitrogen and oxygen atoms in total. The lowest BCUT2D eigenvalue weighted by Gasteiger charge is -2.07. The molecule has 6 heteroatoms. The van der Waals surface area contributed by atoms with E-state index in [-0.39, 0.29) is 18.1 Å². The highest BCUT2D eigenvalue weighted by molar-refractivity contribution is 9.10. The van der Waals surface area contributed by atoms with Crippen LogP contribution >= 0.6 is 15.9 Å². The molecule has 0 aliphatic rings. The maximum atomic E-state index is 13.1. The second-order valence-electron chi connectivity index (χ2n) is 3.58. The van der Waals surface area contributed by atoms with Gasteiger partial charge in [-0.2, -0.15) is 0 Å². The van der Waals surface area contributed by atoms with E-state index in [0.29, 0.717) is 16.6 Å². The van der Waals surface area contributed by atoms with E-state index in [2.05, 4.69) is 15.9 Å². The van der Waals surface area contributed by atoms with E-state index in [0.717, 1.165) is 0 Å². The van der Waals surface area contributed by atoms with Gasteiger partial charge in [-0.3, -0.25) is 0 Å². The fraction of sp³-hybridized carbons (Fsp3) is 0.455. The van der Waals surface area contributed by atoms with E-state index >= 15 is 0 Å². The standard InChI is InChI=1S/C11H14BrFO3S/c1-2-6-17(14,15)7-5-16-9-3-4-10(12)11(13)8-9/h3-4,8H,2,5-7H2,1H3. The molecule has 17 heavy (non-hydrogen) atoms. The summed E-state index contributed by atoms with van der Waals surface area (Å²) in [6.45, 7) is 1.85. The molecular formula is C11H14BrFO3S. The van der Waals surface area contributed by atoms with Crippen LogP contribution < -0.4 is 4.74 Å². The molecular weight excluding hydrogens is 311 g/mol. The van der Waals surface area contributed by atoms with Crippen LogP contribution in [0.2, 0.25) is 0 Å². The van der Waals surface area contributed by atoms with Crippen LogP contribution in [0.1, 0.15) is 13.3 Å². The molecule has 0 saturated heterocycles. The fourth-order valence-electron chi connectivity index (χ4n) is 1.27. The Morgan fingerprint density at radius 3 is 2.65 bits per heavy atom. The Bertz CT molecular complexity index is 474. The van der Waals surface area contributed by atoms with Crippen molar-refractivity contribution in [3.8, 4) is 5.75 Å². The Morgan fingerprint density at radius 2 is 2.06 bits per heavy atom. The minimum atomic E-state index is -3.05. The quantitative estimate of drug-likeness (QED) is 0.808. The first-order chi connectivity index (χ1) is 7.94. The molecule has 0 fully saturated rings. The molecule has 0 radical (unpaired) electrons. The molecule has 1 rings (SSSR count). The molecule has 1 aromatic carbocycles. The zero-order chi connectivity index (χ0) is 12.9. The number of ether oxygens (including phenoxy) is 1. The van der Waals surface area contributed by atoms with Crippen LogP contribution in [0.5, 0.6) is 5.75 Å². The number of sulfone groups is 1. The first kappa shape index (κ1) is 14.4. The van der Waals surface area contributed by atoms with Gasteiger partial charge in [-0.15, -0.1) is 0 Å². The number of hydrogen-bond donors (Lipinski definition) is 0. The molecule has 1 aromatic rings. The van der Waals surface area contributed by atoms with Crippen LogP contribution in [0.15, 0.2) is 22.7 Å². The summed E-state index contributed by atoms with van der Waals surface area (Å²) < 4.78 is 41.4. The SMILES string of the molecule is CCCS(=O)(=O)CCOc1ccc(Br)c(F)c1. The zero-order valence-corrected chi connectivity index (χ0v) is 11.9. The van der Waals surface area contributed by atoms with Crippen LogP contribution in [0.4, 0.5) is 4.39 Å². The summed E-state index contributed by atoms with van der Waals surface area (Å²) in [5.74, 6) is 0.0140. The molecule has 0 saturated carbocycles. The van der Waals surface area contributed by atoms with Gasteiger partial charge in [0.05, 0.1) is 16.0 Å². The van der Waals surface area contributed by atoms with Crippen molar-refractivity contribution in [2.75, 3.05) is 18.1 Å². The van der Waals surface area contributed by atoms with Crippen molar-refractivity contribution < 1.29 is 17.5 Å². The minimum Gasteiger partial charge on any atom is -0.492 e. The second-order valence-corrected chi connectivity index (χ2v) is 6.73. The third kappa shape index (κ3) is 5.04. The zero-order valence-electron chi connectivity index (χ0n) is 9.45. The average molecular weight is 325 g/mol. The van der Waals surface area contributed by atoms with E-state index in [1.807, 2.05) is 6.92 Å². The molecule has 0 aromatic heterocycles. The topological polar surface area (TPSA) is 43.4 Å². The molecule has 0 N–H and O–H groups in total. The van der Waals surface area contributed by atoms with E-state index in [4.69, 9.17) is 4.74 Å². The van der Waals surface area contributed by atoms with E-state index in [1.165, 1.54) is 12.1 Å². The van der Waals surface area contributed by atoms with Gasteiger partial charge in [-0.05, 0) is 34.5 Å². The van der Waals surface area contributed by atoms with Crippen LogP contribution in [-0.4, -0.2) is 26.5 Å². The molecule has 0 unspecified atom stereocenters. The summed E-state index contributed by atoms with van der Waals surface area (Å²) in [5, 5.41) is 0. The van der Waals surface area contributed by atoms with E-state index < -0.39 is 15.7 Å². The molecule has 0 bridgehead atoms. The van der Waals surface area contributed by atoms with Crippen molar-refractivity contribution >= 4 is 25.8 Å². The highest BCUT2D eigenvalue weighted by Gasteiger charge is 2.09. The normalized spacial score (nSPS) is 11.5. The van der Waals surface area contributed by atoms with Gasteiger partial charge < -0.3 is 4.74 Å². The fourth-order valence-corrected chi connectivity index (χ4v) is 2.68. The molecule has 0 spiro atoms. The number of rotatable bonds is 6. The first-order valence-corrected chi connectivity index (χ1v) is 7.84. The smallest absolute Gasteiger partial charge is 0.153 e. The Kier molecular flexibility index (Phi) is 5.39. The van der Waals surface area contributed by atoms with Gasteiger partial charge in [0.1, 0.15) is 18.2 Å². The summed E-state index contributed by atoms with van der Waals surface area (Å²) in [6, 6.07) is 4.32. The lowest BCUT2D eigenvalue weighted by Crippen LogP contribution is -2.16.